The zero-order valence-corrected chi connectivity index (χ0v) is 14.9. The number of carbonyl (C=O) groups excluding carboxylic acids is 1. The molecule has 0 aliphatic heterocycles. The van der Waals surface area contributed by atoms with E-state index in [2.05, 4.69) is 38.1 Å². The second-order valence-electron chi connectivity index (χ2n) is 5.43. The molecule has 0 spiro atoms. The standard InChI is InChI=1S/C17H25N7O/c1-4-15-23-22-12-24(15)9-8-20-17(19-3)21-11-13-6-5-7-14(10-13)16(25)18-2/h5-7,10,12H,4,8-9,11H2,1-3H3,(H,18,25)(H2,19,20,21). The smallest absolute Gasteiger partial charge is 0.251 e. The predicted molar refractivity (Wildman–Crippen MR) is 97.4 cm³/mol. The minimum atomic E-state index is -0.0926. The minimum Gasteiger partial charge on any atom is -0.355 e. The molecule has 8 nitrogen and oxygen atoms in total. The highest BCUT2D eigenvalue weighted by molar-refractivity contribution is 5.94. The van der Waals surface area contributed by atoms with Crippen molar-refractivity contribution in [3.05, 3.63) is 47.5 Å². The summed E-state index contributed by atoms with van der Waals surface area (Å²) in [6.07, 6.45) is 2.59. The van der Waals surface area contributed by atoms with Crippen LogP contribution < -0.4 is 16.0 Å². The van der Waals surface area contributed by atoms with Gasteiger partial charge in [0.15, 0.2) is 5.96 Å². The first-order valence-electron chi connectivity index (χ1n) is 8.30. The summed E-state index contributed by atoms with van der Waals surface area (Å²) < 4.78 is 2.02. The first-order valence-corrected chi connectivity index (χ1v) is 8.30. The Labute approximate surface area is 147 Å². The molecule has 1 aromatic carbocycles. The summed E-state index contributed by atoms with van der Waals surface area (Å²) in [5.41, 5.74) is 1.65. The molecule has 2 rings (SSSR count). The maximum atomic E-state index is 11.7. The molecule has 1 heterocycles. The predicted octanol–water partition coefficient (Wildman–Crippen LogP) is 0.565. The maximum absolute atomic E-state index is 11.7. The van der Waals surface area contributed by atoms with Gasteiger partial charge in [0.05, 0.1) is 0 Å². The van der Waals surface area contributed by atoms with Gasteiger partial charge in [0.2, 0.25) is 0 Å². The number of hydrogen-bond donors (Lipinski definition) is 3. The number of nitrogens with one attached hydrogen (secondary N) is 3. The maximum Gasteiger partial charge on any atom is 0.251 e. The lowest BCUT2D eigenvalue weighted by molar-refractivity contribution is 0.0963. The van der Waals surface area contributed by atoms with E-state index in [-0.39, 0.29) is 5.91 Å². The van der Waals surface area contributed by atoms with E-state index in [1.54, 1.807) is 26.5 Å². The number of rotatable bonds is 7. The molecule has 25 heavy (non-hydrogen) atoms. The topological polar surface area (TPSA) is 96.2 Å². The van der Waals surface area contributed by atoms with E-state index < -0.39 is 0 Å². The van der Waals surface area contributed by atoms with E-state index in [0.29, 0.717) is 24.6 Å². The number of nitrogens with zero attached hydrogens (tertiary/aromatic N) is 4. The largest absolute Gasteiger partial charge is 0.355 e. The Hall–Kier alpha value is -2.90. The van der Waals surface area contributed by atoms with Crippen LogP contribution in [0.3, 0.4) is 0 Å². The summed E-state index contributed by atoms with van der Waals surface area (Å²) in [6, 6.07) is 7.50. The quantitative estimate of drug-likeness (QED) is 0.504. The van der Waals surface area contributed by atoms with Crippen LogP contribution in [-0.4, -0.2) is 47.3 Å². The van der Waals surface area contributed by atoms with Gasteiger partial charge in [-0.25, -0.2) is 0 Å². The summed E-state index contributed by atoms with van der Waals surface area (Å²) in [4.78, 5) is 15.9. The molecular formula is C17H25N7O. The molecule has 2 aromatic rings. The molecule has 0 saturated carbocycles. The summed E-state index contributed by atoms with van der Waals surface area (Å²) in [5.74, 6) is 1.58. The molecule has 134 valence electrons. The average Bonchev–Trinajstić information content (AvgIpc) is 3.11. The third-order valence-electron chi connectivity index (χ3n) is 3.76. The SMILES string of the molecule is CCc1nncn1CCNC(=NC)NCc1cccc(C(=O)NC)c1. The van der Waals surface area contributed by atoms with Crippen LogP contribution in [0.2, 0.25) is 0 Å². The van der Waals surface area contributed by atoms with Gasteiger partial charge < -0.3 is 20.5 Å². The van der Waals surface area contributed by atoms with E-state index in [0.717, 1.165) is 24.4 Å². The number of aromatic nitrogens is 3. The molecule has 1 aromatic heterocycles. The van der Waals surface area contributed by atoms with Gasteiger partial charge in [0.25, 0.3) is 5.91 Å². The third kappa shape index (κ3) is 5.30. The average molecular weight is 343 g/mol. The van der Waals surface area contributed by atoms with Crippen molar-refractivity contribution in [3.8, 4) is 0 Å². The van der Waals surface area contributed by atoms with Gasteiger partial charge >= 0.3 is 0 Å². The molecule has 0 unspecified atom stereocenters. The van der Waals surface area contributed by atoms with Crippen LogP contribution in [0.5, 0.6) is 0 Å². The highest BCUT2D eigenvalue weighted by Gasteiger charge is 2.05. The van der Waals surface area contributed by atoms with Crippen molar-refractivity contribution in [3.63, 3.8) is 0 Å². The van der Waals surface area contributed by atoms with Gasteiger partial charge in [-0.15, -0.1) is 10.2 Å². The number of carbonyl (C=O) groups is 1. The zero-order chi connectivity index (χ0) is 18.1. The van der Waals surface area contributed by atoms with Crippen LogP contribution in [0.25, 0.3) is 0 Å². The molecule has 0 saturated heterocycles. The number of hydrogen-bond acceptors (Lipinski definition) is 4. The van der Waals surface area contributed by atoms with Crippen LogP contribution in [0.4, 0.5) is 0 Å². The Morgan fingerprint density at radius 3 is 2.88 bits per heavy atom. The lowest BCUT2D eigenvalue weighted by Crippen LogP contribution is -2.38. The fraction of sp³-hybridized carbons (Fsp3) is 0.412. The molecule has 1 amide bonds. The highest BCUT2D eigenvalue weighted by atomic mass is 16.1. The van der Waals surface area contributed by atoms with Crippen molar-refractivity contribution in [1.29, 1.82) is 0 Å². The van der Waals surface area contributed by atoms with Gasteiger partial charge in [-0.05, 0) is 17.7 Å². The summed E-state index contributed by atoms with van der Waals surface area (Å²) in [6.45, 7) is 4.12. The van der Waals surface area contributed by atoms with Gasteiger partial charge in [0.1, 0.15) is 12.2 Å². The van der Waals surface area contributed by atoms with Crippen molar-refractivity contribution in [2.45, 2.75) is 26.4 Å². The van der Waals surface area contributed by atoms with Gasteiger partial charge in [-0.2, -0.15) is 0 Å². The summed E-state index contributed by atoms with van der Waals surface area (Å²) in [5, 5.41) is 17.1. The van der Waals surface area contributed by atoms with Gasteiger partial charge in [-0.3, -0.25) is 9.79 Å². The molecule has 3 N–H and O–H groups in total. The van der Waals surface area contributed by atoms with Crippen molar-refractivity contribution in [2.24, 2.45) is 4.99 Å². The van der Waals surface area contributed by atoms with Crippen molar-refractivity contribution >= 4 is 11.9 Å². The van der Waals surface area contributed by atoms with Crippen LogP contribution in [0.15, 0.2) is 35.6 Å². The Morgan fingerprint density at radius 2 is 2.16 bits per heavy atom. The van der Waals surface area contributed by atoms with Crippen LogP contribution in [0, 0.1) is 0 Å². The molecule has 0 aliphatic rings. The highest BCUT2D eigenvalue weighted by Crippen LogP contribution is 2.05. The van der Waals surface area contributed by atoms with Crippen molar-refractivity contribution in [2.75, 3.05) is 20.6 Å². The number of guanidine groups is 1. The molecule has 8 heteroatoms. The third-order valence-corrected chi connectivity index (χ3v) is 3.76. The van der Waals surface area contributed by atoms with Crippen LogP contribution >= 0.6 is 0 Å². The molecule has 0 fully saturated rings. The van der Waals surface area contributed by atoms with Crippen LogP contribution in [-0.2, 0) is 19.5 Å². The van der Waals surface area contributed by atoms with Crippen molar-refractivity contribution < 1.29 is 4.79 Å². The van der Waals surface area contributed by atoms with E-state index in [4.69, 9.17) is 0 Å². The Kier molecular flexibility index (Phi) is 6.94. The Morgan fingerprint density at radius 1 is 1.32 bits per heavy atom. The fourth-order valence-electron chi connectivity index (χ4n) is 2.41. The second kappa shape index (κ2) is 9.41. The molecular weight excluding hydrogens is 318 g/mol. The summed E-state index contributed by atoms with van der Waals surface area (Å²) in [7, 11) is 3.35. The fourth-order valence-corrected chi connectivity index (χ4v) is 2.41. The number of aliphatic imine (C=N–C) groups is 1. The second-order valence-corrected chi connectivity index (χ2v) is 5.43. The first-order chi connectivity index (χ1) is 12.2. The first kappa shape index (κ1) is 18.4. The molecule has 0 atom stereocenters. The number of aryl methyl sites for hydroxylation is 1. The number of benzene rings is 1. The van der Waals surface area contributed by atoms with E-state index >= 15 is 0 Å². The van der Waals surface area contributed by atoms with E-state index in [1.807, 2.05) is 22.8 Å². The number of amides is 1. The zero-order valence-electron chi connectivity index (χ0n) is 14.9. The van der Waals surface area contributed by atoms with E-state index in [9.17, 15) is 4.79 Å². The Bertz CT molecular complexity index is 723. The van der Waals surface area contributed by atoms with E-state index in [1.165, 1.54) is 0 Å². The monoisotopic (exact) mass is 343 g/mol. The van der Waals surface area contributed by atoms with Crippen LogP contribution in [0.1, 0.15) is 28.7 Å². The summed E-state index contributed by atoms with van der Waals surface area (Å²) >= 11 is 0. The lowest BCUT2D eigenvalue weighted by atomic mass is 10.1. The molecule has 0 bridgehead atoms. The lowest BCUT2D eigenvalue weighted by Gasteiger charge is -2.13. The molecule has 0 aliphatic carbocycles. The van der Waals surface area contributed by atoms with Gasteiger partial charge in [-0.1, -0.05) is 19.1 Å². The normalized spacial score (nSPS) is 11.2. The molecule has 0 radical (unpaired) electrons. The van der Waals surface area contributed by atoms with Gasteiger partial charge in [0, 0.05) is 45.7 Å². The van der Waals surface area contributed by atoms with Crippen molar-refractivity contribution in [1.82, 2.24) is 30.7 Å². The minimum absolute atomic E-state index is 0.0926. The Balaban J connectivity index is 1.83.